The minimum absolute atomic E-state index is 0.396. The molecule has 0 spiro atoms. The number of nitrogens with two attached hydrogens (primary N) is 1. The van der Waals surface area contributed by atoms with E-state index >= 15 is 0 Å². The van der Waals surface area contributed by atoms with E-state index in [1.807, 2.05) is 55.5 Å². The Morgan fingerprint density at radius 3 is 2.79 bits per heavy atom. The van der Waals surface area contributed by atoms with Crippen molar-refractivity contribution < 1.29 is 9.25 Å². The summed E-state index contributed by atoms with van der Waals surface area (Å²) in [5, 5.41) is 9.78. The van der Waals surface area contributed by atoms with E-state index in [4.69, 9.17) is 26.6 Å². The lowest BCUT2D eigenvalue weighted by Crippen LogP contribution is -2.07. The van der Waals surface area contributed by atoms with E-state index in [9.17, 15) is 0 Å². The van der Waals surface area contributed by atoms with Gasteiger partial charge in [0.1, 0.15) is 12.9 Å². The first kappa shape index (κ1) is 18.3. The normalized spacial score (nSPS) is 11.9. The van der Waals surface area contributed by atoms with Crippen LogP contribution in [0.3, 0.4) is 0 Å². The third kappa shape index (κ3) is 3.52. The highest BCUT2D eigenvalue weighted by Gasteiger charge is 2.15. The third-order valence-corrected chi connectivity index (χ3v) is 4.63. The fourth-order valence-electron chi connectivity index (χ4n) is 2.98. The SMILES string of the molecule is CC(=NOCCN)c1ccc(Nc2c3ccccc3nc3occ(Cl)c23)cc1. The molecule has 0 bridgehead atoms. The largest absolute Gasteiger partial charge is 0.444 e. The van der Waals surface area contributed by atoms with E-state index < -0.39 is 0 Å². The number of hydrogen-bond donors (Lipinski definition) is 2. The standard InChI is InChI=1S/C21H19ClN4O2/c1-13(26-28-11-10-23)14-6-8-15(9-7-14)24-20-16-4-2-3-5-18(16)25-21-19(20)17(22)12-27-21/h2-9,12H,10-11,23H2,1H3,(H,24,25). The Kier molecular flexibility index (Phi) is 5.14. The molecule has 4 rings (SSSR count). The molecule has 2 aromatic carbocycles. The van der Waals surface area contributed by atoms with Crippen LogP contribution in [0.2, 0.25) is 5.02 Å². The molecule has 2 aromatic heterocycles. The van der Waals surface area contributed by atoms with E-state index in [1.54, 1.807) is 0 Å². The number of anilines is 2. The number of furan rings is 1. The number of nitrogens with zero attached hydrogens (tertiary/aromatic N) is 2. The lowest BCUT2D eigenvalue weighted by molar-refractivity contribution is 0.152. The predicted molar refractivity (Wildman–Crippen MR) is 113 cm³/mol. The smallest absolute Gasteiger partial charge is 0.230 e. The lowest BCUT2D eigenvalue weighted by Gasteiger charge is -2.12. The van der Waals surface area contributed by atoms with Gasteiger partial charge in [0.2, 0.25) is 5.71 Å². The Bertz CT molecular complexity index is 1150. The molecular formula is C21H19ClN4O2. The van der Waals surface area contributed by atoms with Crippen molar-refractivity contribution in [2.24, 2.45) is 10.9 Å². The average Bonchev–Trinajstić information content (AvgIpc) is 3.09. The van der Waals surface area contributed by atoms with Crippen LogP contribution in [-0.4, -0.2) is 23.8 Å². The zero-order valence-corrected chi connectivity index (χ0v) is 16.0. The number of para-hydroxylation sites is 1. The summed E-state index contributed by atoms with van der Waals surface area (Å²) in [6.45, 7) is 2.72. The van der Waals surface area contributed by atoms with Gasteiger partial charge in [0.05, 0.1) is 27.3 Å². The van der Waals surface area contributed by atoms with Crippen molar-refractivity contribution in [1.82, 2.24) is 4.98 Å². The Balaban J connectivity index is 1.70. The molecule has 28 heavy (non-hydrogen) atoms. The molecule has 0 radical (unpaired) electrons. The van der Waals surface area contributed by atoms with Crippen LogP contribution in [-0.2, 0) is 4.84 Å². The Hall–Kier alpha value is -3.09. The predicted octanol–water partition coefficient (Wildman–Crippen LogP) is 5.08. The monoisotopic (exact) mass is 394 g/mol. The molecule has 0 aliphatic rings. The van der Waals surface area contributed by atoms with Gasteiger partial charge in [0.15, 0.2) is 0 Å². The minimum Gasteiger partial charge on any atom is -0.444 e. The first-order valence-electron chi connectivity index (χ1n) is 8.87. The van der Waals surface area contributed by atoms with Crippen LogP contribution in [0.1, 0.15) is 12.5 Å². The second kappa shape index (κ2) is 7.88. The molecule has 6 nitrogen and oxygen atoms in total. The summed E-state index contributed by atoms with van der Waals surface area (Å²) >= 11 is 6.36. The van der Waals surface area contributed by atoms with E-state index in [0.717, 1.165) is 38.9 Å². The summed E-state index contributed by atoms with van der Waals surface area (Å²) in [5.74, 6) is 0. The highest BCUT2D eigenvalue weighted by atomic mass is 35.5. The zero-order valence-electron chi connectivity index (χ0n) is 15.3. The van der Waals surface area contributed by atoms with E-state index in [1.165, 1.54) is 6.26 Å². The molecule has 0 unspecified atom stereocenters. The topological polar surface area (TPSA) is 85.7 Å². The molecule has 0 saturated carbocycles. The fourth-order valence-corrected chi connectivity index (χ4v) is 3.20. The molecule has 7 heteroatoms. The first-order chi connectivity index (χ1) is 13.7. The Morgan fingerprint density at radius 2 is 2.00 bits per heavy atom. The van der Waals surface area contributed by atoms with E-state index in [2.05, 4.69) is 15.5 Å². The van der Waals surface area contributed by atoms with Gasteiger partial charge < -0.3 is 20.3 Å². The van der Waals surface area contributed by atoms with Crippen molar-refractivity contribution in [1.29, 1.82) is 0 Å². The van der Waals surface area contributed by atoms with Crippen LogP contribution in [0.5, 0.6) is 0 Å². The Morgan fingerprint density at radius 1 is 1.21 bits per heavy atom. The number of hydrogen-bond acceptors (Lipinski definition) is 6. The lowest BCUT2D eigenvalue weighted by atomic mass is 10.1. The average molecular weight is 395 g/mol. The quantitative estimate of drug-likeness (QED) is 0.270. The van der Waals surface area contributed by atoms with Crippen molar-refractivity contribution in [3.05, 3.63) is 65.4 Å². The Labute approximate surface area is 166 Å². The third-order valence-electron chi connectivity index (χ3n) is 4.35. The summed E-state index contributed by atoms with van der Waals surface area (Å²) in [7, 11) is 0. The van der Waals surface area contributed by atoms with E-state index in [-0.39, 0.29) is 0 Å². The molecule has 3 N–H and O–H groups in total. The molecule has 142 valence electrons. The summed E-state index contributed by atoms with van der Waals surface area (Å²) < 4.78 is 5.51. The van der Waals surface area contributed by atoms with E-state index in [0.29, 0.717) is 23.9 Å². The van der Waals surface area contributed by atoms with Gasteiger partial charge in [0, 0.05) is 17.6 Å². The molecule has 0 atom stereocenters. The molecular weight excluding hydrogens is 376 g/mol. The van der Waals surface area contributed by atoms with Gasteiger partial charge in [0.25, 0.3) is 0 Å². The van der Waals surface area contributed by atoms with Crippen LogP contribution in [0, 0.1) is 0 Å². The van der Waals surface area contributed by atoms with Crippen molar-refractivity contribution in [3.63, 3.8) is 0 Å². The molecule has 2 heterocycles. The summed E-state index contributed by atoms with van der Waals surface area (Å²) in [5.41, 5.74) is 10.3. The second-order valence-corrected chi connectivity index (χ2v) is 6.68. The highest BCUT2D eigenvalue weighted by Crippen LogP contribution is 2.38. The van der Waals surface area contributed by atoms with Crippen LogP contribution in [0.15, 0.2) is 64.4 Å². The number of fused-ring (bicyclic) bond motifs is 2. The minimum atomic E-state index is 0.396. The maximum absolute atomic E-state index is 6.36. The van der Waals surface area contributed by atoms with Crippen molar-refractivity contribution >= 4 is 50.7 Å². The number of nitrogens with one attached hydrogen (secondary N) is 1. The fraction of sp³-hybridized carbons (Fsp3) is 0.143. The highest BCUT2D eigenvalue weighted by molar-refractivity contribution is 6.37. The second-order valence-electron chi connectivity index (χ2n) is 6.27. The first-order valence-corrected chi connectivity index (χ1v) is 9.24. The van der Waals surface area contributed by atoms with Crippen LogP contribution < -0.4 is 11.1 Å². The number of oxime groups is 1. The molecule has 4 aromatic rings. The number of rotatable bonds is 6. The zero-order chi connectivity index (χ0) is 19.5. The molecule has 0 saturated heterocycles. The van der Waals surface area contributed by atoms with Crippen LogP contribution >= 0.6 is 11.6 Å². The van der Waals surface area contributed by atoms with Gasteiger partial charge >= 0.3 is 0 Å². The van der Waals surface area contributed by atoms with Gasteiger partial charge in [-0.3, -0.25) is 0 Å². The van der Waals surface area contributed by atoms with Gasteiger partial charge in [-0.25, -0.2) is 4.98 Å². The van der Waals surface area contributed by atoms with Crippen LogP contribution in [0.4, 0.5) is 11.4 Å². The summed E-state index contributed by atoms with van der Waals surface area (Å²) in [6.07, 6.45) is 1.51. The number of pyridine rings is 1. The van der Waals surface area contributed by atoms with Gasteiger partial charge in [-0.1, -0.05) is 47.1 Å². The number of benzene rings is 2. The summed E-state index contributed by atoms with van der Waals surface area (Å²) in [6, 6.07) is 15.8. The van der Waals surface area contributed by atoms with Gasteiger partial charge in [-0.2, -0.15) is 0 Å². The summed E-state index contributed by atoms with van der Waals surface area (Å²) in [4.78, 5) is 9.68. The van der Waals surface area contributed by atoms with Gasteiger partial charge in [-0.15, -0.1) is 0 Å². The number of halogens is 1. The molecule has 0 fully saturated rings. The van der Waals surface area contributed by atoms with Crippen LogP contribution in [0.25, 0.3) is 22.0 Å². The maximum atomic E-state index is 6.36. The van der Waals surface area contributed by atoms with Crippen molar-refractivity contribution in [2.45, 2.75) is 6.92 Å². The number of aromatic nitrogens is 1. The molecule has 0 aliphatic carbocycles. The molecule has 0 aliphatic heterocycles. The molecule has 0 amide bonds. The van der Waals surface area contributed by atoms with Crippen molar-refractivity contribution in [3.8, 4) is 0 Å². The maximum Gasteiger partial charge on any atom is 0.230 e. The van der Waals surface area contributed by atoms with Gasteiger partial charge in [-0.05, 0) is 30.7 Å². The van der Waals surface area contributed by atoms with Crippen molar-refractivity contribution in [2.75, 3.05) is 18.5 Å².